The Morgan fingerprint density at radius 1 is 1.37 bits per heavy atom. The Labute approximate surface area is 109 Å². The number of benzene rings is 1. The molecule has 0 atom stereocenters. The lowest BCUT2D eigenvalue weighted by Crippen LogP contribution is -2.26. The van der Waals surface area contributed by atoms with Crippen molar-refractivity contribution in [2.75, 3.05) is 19.0 Å². The second-order valence-electron chi connectivity index (χ2n) is 3.94. The molecule has 19 heavy (non-hydrogen) atoms. The molecule has 0 spiro atoms. The average molecular weight is 262 g/mol. The van der Waals surface area contributed by atoms with Crippen molar-refractivity contribution in [3.63, 3.8) is 0 Å². The quantitative estimate of drug-likeness (QED) is 0.904. The third-order valence-electron chi connectivity index (χ3n) is 2.49. The number of hydrogen-bond acceptors (Lipinski definition) is 5. The van der Waals surface area contributed by atoms with Crippen molar-refractivity contribution in [3.05, 3.63) is 46.4 Å². The van der Waals surface area contributed by atoms with Crippen LogP contribution < -0.4 is 15.6 Å². The summed E-state index contributed by atoms with van der Waals surface area (Å²) in [5, 5.41) is 2.97. The highest BCUT2D eigenvalue weighted by Crippen LogP contribution is 2.14. The fourth-order valence-corrected chi connectivity index (χ4v) is 1.54. The molecule has 6 heteroatoms. The van der Waals surface area contributed by atoms with Crippen molar-refractivity contribution in [2.24, 2.45) is 0 Å². The van der Waals surface area contributed by atoms with E-state index in [0.29, 0.717) is 16.2 Å². The number of ether oxygens (including phenoxy) is 1. The minimum absolute atomic E-state index is 0.258. The van der Waals surface area contributed by atoms with Gasteiger partial charge in [0, 0.05) is 18.8 Å². The number of aromatic nitrogens is 1. The fraction of sp³-hybridized carbons (Fsp3) is 0.231. The van der Waals surface area contributed by atoms with Crippen LogP contribution in [-0.2, 0) is 0 Å². The minimum Gasteiger partial charge on any atom is -0.484 e. The zero-order chi connectivity index (χ0) is 13.8. The predicted molar refractivity (Wildman–Crippen MR) is 69.8 cm³/mol. The molecule has 0 aliphatic carbocycles. The second kappa shape index (κ2) is 5.43. The molecular weight excluding hydrogens is 248 g/mol. The molecule has 100 valence electrons. The summed E-state index contributed by atoms with van der Waals surface area (Å²) in [7, 11) is 1.81. The smallest absolute Gasteiger partial charge is 0.300 e. The van der Waals surface area contributed by atoms with Crippen molar-refractivity contribution in [2.45, 2.75) is 6.92 Å². The van der Waals surface area contributed by atoms with Gasteiger partial charge in [0.25, 0.3) is 5.56 Å². The van der Waals surface area contributed by atoms with Crippen LogP contribution in [0.5, 0.6) is 5.75 Å². The highest BCUT2D eigenvalue weighted by atomic mass is 16.5. The topological polar surface area (TPSA) is 73.5 Å². The van der Waals surface area contributed by atoms with Gasteiger partial charge in [-0.25, -0.2) is 0 Å². The summed E-state index contributed by atoms with van der Waals surface area (Å²) in [4.78, 5) is 23.1. The molecule has 1 aromatic carbocycles. The maximum Gasteiger partial charge on any atom is 0.300 e. The normalized spacial score (nSPS) is 10.2. The van der Waals surface area contributed by atoms with Crippen molar-refractivity contribution in [3.8, 4) is 5.75 Å². The van der Waals surface area contributed by atoms with E-state index in [1.54, 1.807) is 19.1 Å². The summed E-state index contributed by atoms with van der Waals surface area (Å²) < 4.78 is 10.9. The summed E-state index contributed by atoms with van der Waals surface area (Å²) in [6, 6.07) is 8.36. The lowest BCUT2D eigenvalue weighted by molar-refractivity contribution is 0.0703. The second-order valence-corrected chi connectivity index (χ2v) is 3.94. The van der Waals surface area contributed by atoms with Crippen LogP contribution in [0.2, 0.25) is 0 Å². The summed E-state index contributed by atoms with van der Waals surface area (Å²) in [6.45, 7) is 1.34. The van der Waals surface area contributed by atoms with Gasteiger partial charge in [0.15, 0.2) is 6.61 Å². The van der Waals surface area contributed by atoms with Crippen LogP contribution in [0, 0.1) is 6.92 Å². The van der Waals surface area contributed by atoms with Gasteiger partial charge in [-0.05, 0) is 31.2 Å². The van der Waals surface area contributed by atoms with Crippen LogP contribution in [0.25, 0.3) is 0 Å². The number of nitrogens with one attached hydrogen (secondary N) is 1. The molecule has 1 aromatic heterocycles. The van der Waals surface area contributed by atoms with Crippen LogP contribution in [0.4, 0.5) is 5.69 Å². The molecule has 1 N–H and O–H groups in total. The Balaban J connectivity index is 2.00. The van der Waals surface area contributed by atoms with E-state index in [-0.39, 0.29) is 6.61 Å². The Kier molecular flexibility index (Phi) is 3.70. The van der Waals surface area contributed by atoms with Gasteiger partial charge < -0.3 is 14.6 Å². The molecule has 0 saturated heterocycles. The number of nitrogens with zero attached hydrogens (tertiary/aromatic N) is 1. The molecule has 2 rings (SSSR count). The van der Waals surface area contributed by atoms with Gasteiger partial charge in [-0.15, -0.1) is 0 Å². The first-order chi connectivity index (χ1) is 9.10. The van der Waals surface area contributed by atoms with Crippen LogP contribution in [-0.4, -0.2) is 24.3 Å². The van der Waals surface area contributed by atoms with Gasteiger partial charge in [0.2, 0.25) is 0 Å². The van der Waals surface area contributed by atoms with Gasteiger partial charge in [-0.3, -0.25) is 9.59 Å². The summed E-state index contributed by atoms with van der Waals surface area (Å²) in [5.41, 5.74) is 0.452. The lowest BCUT2D eigenvalue weighted by Gasteiger charge is -2.06. The minimum atomic E-state index is -0.546. The number of anilines is 1. The lowest BCUT2D eigenvalue weighted by atomic mass is 10.3. The van der Waals surface area contributed by atoms with Gasteiger partial charge in [0.1, 0.15) is 11.5 Å². The van der Waals surface area contributed by atoms with Gasteiger partial charge in [-0.1, -0.05) is 4.74 Å². The van der Waals surface area contributed by atoms with Gasteiger partial charge in [0.05, 0.1) is 0 Å². The average Bonchev–Trinajstić information content (AvgIpc) is 2.75. The van der Waals surface area contributed by atoms with E-state index in [1.165, 1.54) is 6.07 Å². The Morgan fingerprint density at radius 3 is 2.58 bits per heavy atom. The SMILES string of the molecule is CNc1ccc(OCC(=O)n2oc(C)cc2=O)cc1. The zero-order valence-electron chi connectivity index (χ0n) is 10.7. The van der Waals surface area contributed by atoms with Gasteiger partial charge in [-0.2, -0.15) is 0 Å². The van der Waals surface area contributed by atoms with Crippen LogP contribution in [0.15, 0.2) is 39.6 Å². The molecule has 0 bridgehead atoms. The molecule has 2 aromatic rings. The van der Waals surface area contributed by atoms with Crippen LogP contribution in [0.3, 0.4) is 0 Å². The van der Waals surface area contributed by atoms with E-state index >= 15 is 0 Å². The molecule has 6 nitrogen and oxygen atoms in total. The first-order valence-corrected chi connectivity index (χ1v) is 5.74. The Morgan fingerprint density at radius 2 is 2.05 bits per heavy atom. The maximum absolute atomic E-state index is 11.7. The third kappa shape index (κ3) is 3.04. The molecular formula is C13H14N2O4. The van der Waals surface area contributed by atoms with E-state index < -0.39 is 11.5 Å². The molecule has 0 aliphatic rings. The van der Waals surface area contributed by atoms with Crippen LogP contribution in [0.1, 0.15) is 10.6 Å². The molecule has 1 heterocycles. The van der Waals surface area contributed by atoms with E-state index in [1.807, 2.05) is 19.2 Å². The number of hydrogen-bond donors (Lipinski definition) is 1. The van der Waals surface area contributed by atoms with Crippen molar-refractivity contribution in [1.29, 1.82) is 0 Å². The first-order valence-electron chi connectivity index (χ1n) is 5.74. The molecule has 0 saturated carbocycles. The maximum atomic E-state index is 11.7. The largest absolute Gasteiger partial charge is 0.484 e. The zero-order valence-corrected chi connectivity index (χ0v) is 10.7. The highest BCUT2D eigenvalue weighted by molar-refractivity contribution is 5.78. The standard InChI is InChI=1S/C13H14N2O4/c1-9-7-12(16)15(19-9)13(17)8-18-11-5-3-10(14-2)4-6-11/h3-7,14H,8H2,1-2H3. The fourth-order valence-electron chi connectivity index (χ4n) is 1.54. The van der Waals surface area contributed by atoms with E-state index in [9.17, 15) is 9.59 Å². The van der Waals surface area contributed by atoms with E-state index in [4.69, 9.17) is 9.26 Å². The highest BCUT2D eigenvalue weighted by Gasteiger charge is 2.12. The monoisotopic (exact) mass is 262 g/mol. The summed E-state index contributed by atoms with van der Waals surface area (Å²) >= 11 is 0. The predicted octanol–water partition coefficient (Wildman–Crippen LogP) is 1.51. The van der Waals surface area contributed by atoms with Gasteiger partial charge >= 0.3 is 5.91 Å². The number of carbonyl (C=O) groups excluding carboxylic acids is 1. The van der Waals surface area contributed by atoms with E-state index in [2.05, 4.69) is 5.32 Å². The molecule has 0 fully saturated rings. The van der Waals surface area contributed by atoms with Crippen LogP contribution >= 0.6 is 0 Å². The van der Waals surface area contributed by atoms with Crippen molar-refractivity contribution in [1.82, 2.24) is 4.74 Å². The molecule has 0 aliphatic heterocycles. The molecule has 0 amide bonds. The number of carbonyl (C=O) groups is 1. The number of aryl methyl sites for hydroxylation is 1. The number of rotatable bonds is 4. The first kappa shape index (κ1) is 12.9. The Hall–Kier alpha value is -2.50. The third-order valence-corrected chi connectivity index (χ3v) is 2.49. The summed E-state index contributed by atoms with van der Waals surface area (Å²) in [6.07, 6.45) is 0. The van der Waals surface area contributed by atoms with E-state index in [0.717, 1.165) is 5.69 Å². The van der Waals surface area contributed by atoms with Crippen molar-refractivity contribution < 1.29 is 14.1 Å². The summed E-state index contributed by atoms with van der Waals surface area (Å²) in [5.74, 6) is 0.385. The molecule has 0 radical (unpaired) electrons. The Bertz CT molecular complexity index is 625. The molecule has 0 unspecified atom stereocenters. The van der Waals surface area contributed by atoms with Crippen molar-refractivity contribution >= 4 is 11.6 Å².